The molecule has 0 aliphatic carbocycles. The Bertz CT molecular complexity index is 1220. The predicted octanol–water partition coefficient (Wildman–Crippen LogP) is 5.00. The number of halogens is 1. The minimum absolute atomic E-state index is 0.0495. The van der Waals surface area contributed by atoms with Crippen LogP contribution in [0, 0.1) is 5.82 Å². The van der Waals surface area contributed by atoms with Gasteiger partial charge in [-0.3, -0.25) is 9.59 Å². The standard InChI is InChI=1S/C23H16FN3O3/c1-14(28)15-8-12-18(13-9-15)25-22(29)19-4-2-3-5-20(19)23-26-21(27-30-23)16-6-10-17(24)11-7-16/h2-13H,1H3,(H,25,29). The van der Waals surface area contributed by atoms with E-state index in [1.165, 1.54) is 19.1 Å². The molecule has 4 aromatic rings. The van der Waals surface area contributed by atoms with Crippen LogP contribution in [0.1, 0.15) is 27.6 Å². The fourth-order valence-electron chi connectivity index (χ4n) is 2.90. The summed E-state index contributed by atoms with van der Waals surface area (Å²) in [5.41, 5.74) is 2.53. The Morgan fingerprint density at radius 1 is 0.933 bits per heavy atom. The van der Waals surface area contributed by atoms with E-state index in [2.05, 4.69) is 15.5 Å². The third-order valence-electron chi connectivity index (χ3n) is 4.48. The molecule has 1 N–H and O–H groups in total. The molecule has 0 unspecified atom stereocenters. The molecule has 7 heteroatoms. The van der Waals surface area contributed by atoms with Gasteiger partial charge in [0.15, 0.2) is 5.78 Å². The second-order valence-corrected chi connectivity index (χ2v) is 6.56. The highest BCUT2D eigenvalue weighted by Crippen LogP contribution is 2.26. The number of benzene rings is 3. The summed E-state index contributed by atoms with van der Waals surface area (Å²) in [6, 6.07) is 19.2. The van der Waals surface area contributed by atoms with Gasteiger partial charge in [0.05, 0.1) is 11.1 Å². The maximum atomic E-state index is 13.1. The van der Waals surface area contributed by atoms with Crippen LogP contribution >= 0.6 is 0 Å². The summed E-state index contributed by atoms with van der Waals surface area (Å²) < 4.78 is 18.5. The van der Waals surface area contributed by atoms with Gasteiger partial charge in [0.25, 0.3) is 11.8 Å². The summed E-state index contributed by atoms with van der Waals surface area (Å²) in [7, 11) is 0. The van der Waals surface area contributed by atoms with Crippen molar-refractivity contribution >= 4 is 17.4 Å². The van der Waals surface area contributed by atoms with Crippen molar-refractivity contribution in [1.29, 1.82) is 0 Å². The molecule has 0 aliphatic heterocycles. The molecule has 0 saturated heterocycles. The Balaban J connectivity index is 1.60. The first-order valence-corrected chi connectivity index (χ1v) is 9.12. The third kappa shape index (κ3) is 4.00. The van der Waals surface area contributed by atoms with Crippen LogP contribution in [0.3, 0.4) is 0 Å². The number of hydrogen-bond donors (Lipinski definition) is 1. The smallest absolute Gasteiger partial charge is 0.259 e. The Morgan fingerprint density at radius 3 is 2.33 bits per heavy atom. The predicted molar refractivity (Wildman–Crippen MR) is 110 cm³/mol. The quantitative estimate of drug-likeness (QED) is 0.476. The van der Waals surface area contributed by atoms with E-state index in [1.807, 2.05) is 0 Å². The fourth-order valence-corrected chi connectivity index (χ4v) is 2.90. The zero-order chi connectivity index (χ0) is 21.1. The molecule has 0 aliphatic rings. The second-order valence-electron chi connectivity index (χ2n) is 6.56. The zero-order valence-electron chi connectivity index (χ0n) is 15.9. The van der Waals surface area contributed by atoms with Gasteiger partial charge in [-0.1, -0.05) is 17.3 Å². The van der Waals surface area contributed by atoms with Crippen molar-refractivity contribution in [2.24, 2.45) is 0 Å². The molecule has 30 heavy (non-hydrogen) atoms. The molecule has 6 nitrogen and oxygen atoms in total. The van der Waals surface area contributed by atoms with Gasteiger partial charge in [-0.25, -0.2) is 4.39 Å². The summed E-state index contributed by atoms with van der Waals surface area (Å²) in [6.07, 6.45) is 0. The van der Waals surface area contributed by atoms with Crippen LogP contribution < -0.4 is 5.32 Å². The van der Waals surface area contributed by atoms with Crippen LogP contribution in [0.4, 0.5) is 10.1 Å². The molecule has 4 rings (SSSR count). The first-order chi connectivity index (χ1) is 14.5. The van der Waals surface area contributed by atoms with Crippen LogP contribution in [0.25, 0.3) is 22.8 Å². The van der Waals surface area contributed by atoms with E-state index in [9.17, 15) is 14.0 Å². The van der Waals surface area contributed by atoms with E-state index in [4.69, 9.17) is 4.52 Å². The van der Waals surface area contributed by atoms with Gasteiger partial charge in [0, 0.05) is 16.8 Å². The number of nitrogens with zero attached hydrogens (tertiary/aromatic N) is 2. The Morgan fingerprint density at radius 2 is 1.63 bits per heavy atom. The summed E-state index contributed by atoms with van der Waals surface area (Å²) in [5, 5.41) is 6.73. The van der Waals surface area contributed by atoms with Gasteiger partial charge in [-0.05, 0) is 67.6 Å². The van der Waals surface area contributed by atoms with Crippen molar-refractivity contribution in [3.8, 4) is 22.8 Å². The Kier molecular flexibility index (Phi) is 5.17. The van der Waals surface area contributed by atoms with Crippen molar-refractivity contribution in [2.75, 3.05) is 5.32 Å². The van der Waals surface area contributed by atoms with E-state index in [1.54, 1.807) is 60.7 Å². The molecule has 0 saturated carbocycles. The number of ketones is 1. The fraction of sp³-hybridized carbons (Fsp3) is 0.0435. The largest absolute Gasteiger partial charge is 0.334 e. The van der Waals surface area contributed by atoms with E-state index in [0.29, 0.717) is 33.8 Å². The van der Waals surface area contributed by atoms with Crippen LogP contribution in [0.5, 0.6) is 0 Å². The van der Waals surface area contributed by atoms with E-state index >= 15 is 0 Å². The van der Waals surface area contributed by atoms with E-state index in [-0.39, 0.29) is 23.4 Å². The van der Waals surface area contributed by atoms with Gasteiger partial charge in [0.2, 0.25) is 5.82 Å². The molecule has 1 amide bonds. The molecule has 1 aromatic heterocycles. The highest BCUT2D eigenvalue weighted by atomic mass is 19.1. The summed E-state index contributed by atoms with van der Waals surface area (Å²) in [4.78, 5) is 28.6. The molecule has 0 fully saturated rings. The highest BCUT2D eigenvalue weighted by molar-refractivity contribution is 6.08. The van der Waals surface area contributed by atoms with Crippen molar-refractivity contribution in [3.63, 3.8) is 0 Å². The summed E-state index contributed by atoms with van der Waals surface area (Å²) in [5.74, 6) is -0.304. The van der Waals surface area contributed by atoms with Crippen LogP contribution in [-0.2, 0) is 0 Å². The lowest BCUT2D eigenvalue weighted by Gasteiger charge is -2.08. The number of carbonyl (C=O) groups excluding carboxylic acids is 2. The highest BCUT2D eigenvalue weighted by Gasteiger charge is 2.18. The SMILES string of the molecule is CC(=O)c1ccc(NC(=O)c2ccccc2-c2nc(-c3ccc(F)cc3)no2)cc1. The average Bonchev–Trinajstić information content (AvgIpc) is 3.25. The molecule has 0 radical (unpaired) electrons. The molecule has 0 spiro atoms. The maximum absolute atomic E-state index is 13.1. The van der Waals surface area contributed by atoms with E-state index < -0.39 is 0 Å². The number of nitrogens with one attached hydrogen (secondary N) is 1. The van der Waals surface area contributed by atoms with Crippen molar-refractivity contribution in [2.45, 2.75) is 6.92 Å². The lowest BCUT2D eigenvalue weighted by molar-refractivity contribution is 0.101. The molecular weight excluding hydrogens is 385 g/mol. The average molecular weight is 401 g/mol. The second kappa shape index (κ2) is 8.08. The number of carbonyl (C=O) groups is 2. The lowest BCUT2D eigenvalue weighted by Crippen LogP contribution is -2.13. The first-order valence-electron chi connectivity index (χ1n) is 9.12. The van der Waals surface area contributed by atoms with E-state index in [0.717, 1.165) is 0 Å². The number of aromatic nitrogens is 2. The number of amides is 1. The topological polar surface area (TPSA) is 85.1 Å². The maximum Gasteiger partial charge on any atom is 0.259 e. The Hall–Kier alpha value is -4.13. The van der Waals surface area contributed by atoms with Crippen LogP contribution in [-0.4, -0.2) is 21.8 Å². The van der Waals surface area contributed by atoms with Crippen molar-refractivity contribution in [1.82, 2.24) is 10.1 Å². The molecule has 1 heterocycles. The van der Waals surface area contributed by atoms with Crippen LogP contribution in [0.2, 0.25) is 0 Å². The molecule has 148 valence electrons. The minimum Gasteiger partial charge on any atom is -0.334 e. The zero-order valence-corrected chi connectivity index (χ0v) is 15.9. The molecular formula is C23H16FN3O3. The number of Topliss-reactive ketones (excluding diaryl/α,β-unsaturated/α-hetero) is 1. The summed E-state index contributed by atoms with van der Waals surface area (Å²) in [6.45, 7) is 1.48. The monoisotopic (exact) mass is 401 g/mol. The minimum atomic E-state index is -0.360. The molecule has 0 atom stereocenters. The lowest BCUT2D eigenvalue weighted by atomic mass is 10.1. The number of rotatable bonds is 5. The molecule has 0 bridgehead atoms. The van der Waals surface area contributed by atoms with Crippen LogP contribution in [0.15, 0.2) is 77.3 Å². The van der Waals surface area contributed by atoms with Gasteiger partial charge in [-0.2, -0.15) is 4.98 Å². The van der Waals surface area contributed by atoms with Gasteiger partial charge >= 0.3 is 0 Å². The van der Waals surface area contributed by atoms with Gasteiger partial charge in [-0.15, -0.1) is 0 Å². The first kappa shape index (κ1) is 19.2. The number of hydrogen-bond acceptors (Lipinski definition) is 5. The third-order valence-corrected chi connectivity index (χ3v) is 4.48. The Labute approximate surface area is 171 Å². The van der Waals surface area contributed by atoms with Gasteiger partial charge < -0.3 is 9.84 Å². The van der Waals surface area contributed by atoms with Crippen molar-refractivity contribution in [3.05, 3.63) is 89.7 Å². The summed E-state index contributed by atoms with van der Waals surface area (Å²) >= 11 is 0. The molecule has 3 aromatic carbocycles. The van der Waals surface area contributed by atoms with Crippen molar-refractivity contribution < 1.29 is 18.5 Å². The normalized spacial score (nSPS) is 10.6. The number of anilines is 1. The van der Waals surface area contributed by atoms with Gasteiger partial charge in [0.1, 0.15) is 5.82 Å².